The lowest BCUT2D eigenvalue weighted by Gasteiger charge is -1.91. The molecule has 0 heteroatoms. The predicted molar refractivity (Wildman–Crippen MR) is 75.7 cm³/mol. The van der Waals surface area contributed by atoms with Crippen molar-refractivity contribution in [1.29, 1.82) is 0 Å². The first-order valence-corrected chi connectivity index (χ1v) is 6.88. The zero-order valence-electron chi connectivity index (χ0n) is 11.1. The monoisotopic (exact) mass is 220 g/mol. The highest BCUT2D eigenvalue weighted by molar-refractivity contribution is 5.02. The predicted octanol–water partition coefficient (Wildman–Crippen LogP) is 5.82. The molecular weight excluding hydrogens is 192 g/mol. The van der Waals surface area contributed by atoms with Gasteiger partial charge in [0, 0.05) is 0 Å². The van der Waals surface area contributed by atoms with E-state index in [4.69, 9.17) is 0 Å². The highest BCUT2D eigenvalue weighted by Crippen LogP contribution is 2.01. The Hall–Kier alpha value is -0.780. The molecule has 0 atom stereocenters. The van der Waals surface area contributed by atoms with Crippen molar-refractivity contribution in [3.8, 4) is 0 Å². The van der Waals surface area contributed by atoms with Crippen molar-refractivity contribution in [2.75, 3.05) is 0 Å². The van der Waals surface area contributed by atoms with Crippen molar-refractivity contribution in [3.63, 3.8) is 0 Å². The van der Waals surface area contributed by atoms with Crippen molar-refractivity contribution < 1.29 is 0 Å². The van der Waals surface area contributed by atoms with Crippen molar-refractivity contribution >= 4 is 0 Å². The molecule has 0 saturated carbocycles. The molecule has 0 aliphatic heterocycles. The second kappa shape index (κ2) is 14.2. The second-order valence-corrected chi connectivity index (χ2v) is 4.19. The van der Waals surface area contributed by atoms with Crippen LogP contribution in [0.2, 0.25) is 0 Å². The molecule has 0 aromatic heterocycles. The lowest BCUT2D eigenvalue weighted by atomic mass is 10.2. The molecule has 0 aromatic rings. The van der Waals surface area contributed by atoms with E-state index in [1.54, 1.807) is 0 Å². The Balaban J connectivity index is 3.22. The molecule has 0 radical (unpaired) electrons. The Morgan fingerprint density at radius 2 is 1.12 bits per heavy atom. The molecule has 0 saturated heterocycles. The lowest BCUT2D eigenvalue weighted by molar-refractivity contribution is 0.805. The molecule has 0 bridgehead atoms. The summed E-state index contributed by atoms with van der Waals surface area (Å²) in [5.74, 6) is 0. The van der Waals surface area contributed by atoms with Gasteiger partial charge in [-0.15, -0.1) is 0 Å². The van der Waals surface area contributed by atoms with E-state index in [1.807, 2.05) is 0 Å². The van der Waals surface area contributed by atoms with Crippen LogP contribution in [0.25, 0.3) is 0 Å². The largest absolute Gasteiger partial charge is 0.0885 e. The Kier molecular flexibility index (Phi) is 13.5. The Morgan fingerprint density at radius 1 is 0.562 bits per heavy atom. The van der Waals surface area contributed by atoms with Gasteiger partial charge in [0.2, 0.25) is 0 Å². The van der Waals surface area contributed by atoms with E-state index >= 15 is 0 Å². The second-order valence-electron chi connectivity index (χ2n) is 4.19. The summed E-state index contributed by atoms with van der Waals surface area (Å²) >= 11 is 0. The molecule has 0 rings (SSSR count). The molecule has 0 spiro atoms. The molecule has 0 aliphatic carbocycles. The molecule has 0 fully saturated rings. The van der Waals surface area contributed by atoms with Gasteiger partial charge >= 0.3 is 0 Å². The third-order valence-electron chi connectivity index (χ3n) is 2.47. The van der Waals surface area contributed by atoms with E-state index in [0.29, 0.717) is 0 Å². The average Bonchev–Trinajstić information content (AvgIpc) is 2.31. The zero-order chi connectivity index (χ0) is 11.9. The van der Waals surface area contributed by atoms with E-state index in [1.165, 1.54) is 51.4 Å². The molecule has 0 N–H and O–H groups in total. The van der Waals surface area contributed by atoms with Gasteiger partial charge in [-0.1, -0.05) is 69.6 Å². The smallest absolute Gasteiger partial charge is 0.0345 e. The van der Waals surface area contributed by atoms with Crippen LogP contribution >= 0.6 is 0 Å². The van der Waals surface area contributed by atoms with Crippen LogP contribution in [0.4, 0.5) is 0 Å². The SMILES string of the molecule is CCC/C=C/C=C/CCC/C=C\CCCC. The fourth-order valence-corrected chi connectivity index (χ4v) is 1.43. The lowest BCUT2D eigenvalue weighted by Crippen LogP contribution is -1.70. The van der Waals surface area contributed by atoms with Crippen LogP contribution in [0.15, 0.2) is 36.5 Å². The van der Waals surface area contributed by atoms with Crippen molar-refractivity contribution in [3.05, 3.63) is 36.5 Å². The van der Waals surface area contributed by atoms with Crippen LogP contribution < -0.4 is 0 Å². The first kappa shape index (κ1) is 15.2. The normalized spacial score (nSPS) is 12.4. The summed E-state index contributed by atoms with van der Waals surface area (Å²) in [6.45, 7) is 4.45. The Morgan fingerprint density at radius 3 is 1.75 bits per heavy atom. The van der Waals surface area contributed by atoms with Gasteiger partial charge in [0.05, 0.1) is 0 Å². The molecule has 0 amide bonds. The quantitative estimate of drug-likeness (QED) is 0.247. The Bertz CT molecular complexity index is 196. The van der Waals surface area contributed by atoms with Crippen molar-refractivity contribution in [2.24, 2.45) is 0 Å². The first-order chi connectivity index (χ1) is 7.91. The van der Waals surface area contributed by atoms with Gasteiger partial charge in [-0.25, -0.2) is 0 Å². The van der Waals surface area contributed by atoms with Crippen LogP contribution in [0.5, 0.6) is 0 Å². The molecule has 16 heavy (non-hydrogen) atoms. The van der Waals surface area contributed by atoms with Crippen molar-refractivity contribution in [2.45, 2.75) is 65.2 Å². The minimum absolute atomic E-state index is 1.20. The average molecular weight is 220 g/mol. The molecule has 92 valence electrons. The zero-order valence-corrected chi connectivity index (χ0v) is 11.1. The van der Waals surface area contributed by atoms with Gasteiger partial charge < -0.3 is 0 Å². The van der Waals surface area contributed by atoms with Crippen LogP contribution in [0.1, 0.15) is 65.2 Å². The summed E-state index contributed by atoms with van der Waals surface area (Å²) < 4.78 is 0. The Labute approximate surface area is 102 Å². The van der Waals surface area contributed by atoms with Crippen molar-refractivity contribution in [1.82, 2.24) is 0 Å². The van der Waals surface area contributed by atoms with Gasteiger partial charge in [0.25, 0.3) is 0 Å². The molecule has 0 aromatic carbocycles. The fraction of sp³-hybridized carbons (Fsp3) is 0.625. The van der Waals surface area contributed by atoms with Crippen LogP contribution in [0.3, 0.4) is 0 Å². The third-order valence-corrected chi connectivity index (χ3v) is 2.47. The maximum Gasteiger partial charge on any atom is -0.0345 e. The maximum absolute atomic E-state index is 2.33. The number of rotatable bonds is 10. The molecule has 0 aliphatic rings. The summed E-state index contributed by atoms with van der Waals surface area (Å²) in [6.07, 6.45) is 23.6. The third kappa shape index (κ3) is 13.2. The highest BCUT2D eigenvalue weighted by atomic mass is 13.9. The summed E-state index contributed by atoms with van der Waals surface area (Å²) in [5, 5.41) is 0. The van der Waals surface area contributed by atoms with Gasteiger partial charge in [-0.2, -0.15) is 0 Å². The maximum atomic E-state index is 2.33. The number of allylic oxidation sites excluding steroid dienone is 6. The van der Waals surface area contributed by atoms with Crippen LogP contribution in [-0.4, -0.2) is 0 Å². The first-order valence-electron chi connectivity index (χ1n) is 6.88. The summed E-state index contributed by atoms with van der Waals surface area (Å²) in [6, 6.07) is 0. The number of unbranched alkanes of at least 4 members (excludes halogenated alkanes) is 5. The van der Waals surface area contributed by atoms with Gasteiger partial charge in [-0.3, -0.25) is 0 Å². The van der Waals surface area contributed by atoms with E-state index in [2.05, 4.69) is 50.3 Å². The molecule has 0 nitrogen and oxygen atoms in total. The topological polar surface area (TPSA) is 0 Å². The summed E-state index contributed by atoms with van der Waals surface area (Å²) in [5.41, 5.74) is 0. The minimum atomic E-state index is 1.20. The standard InChI is InChI=1S/C16H28/c1-3-5-7-9-11-13-15-16-14-12-10-8-6-4-2/h7,9-13H,3-6,8,14-16H2,1-2H3/b9-7+,12-10-,13-11+. The summed E-state index contributed by atoms with van der Waals surface area (Å²) in [7, 11) is 0. The minimum Gasteiger partial charge on any atom is -0.0885 e. The number of hydrogen-bond donors (Lipinski definition) is 0. The van der Waals surface area contributed by atoms with Gasteiger partial charge in [0.1, 0.15) is 0 Å². The van der Waals surface area contributed by atoms with E-state index in [-0.39, 0.29) is 0 Å². The number of hydrogen-bond acceptors (Lipinski definition) is 0. The fourth-order valence-electron chi connectivity index (χ4n) is 1.43. The molecular formula is C16H28. The highest BCUT2D eigenvalue weighted by Gasteiger charge is 1.81. The summed E-state index contributed by atoms with van der Waals surface area (Å²) in [4.78, 5) is 0. The van der Waals surface area contributed by atoms with E-state index < -0.39 is 0 Å². The van der Waals surface area contributed by atoms with Crippen LogP contribution in [0, 0.1) is 0 Å². The van der Waals surface area contributed by atoms with E-state index in [0.717, 1.165) is 0 Å². The molecule has 0 heterocycles. The van der Waals surface area contributed by atoms with Crippen LogP contribution in [-0.2, 0) is 0 Å². The van der Waals surface area contributed by atoms with Gasteiger partial charge in [0.15, 0.2) is 0 Å². The van der Waals surface area contributed by atoms with Gasteiger partial charge in [-0.05, 0) is 32.1 Å². The van der Waals surface area contributed by atoms with E-state index in [9.17, 15) is 0 Å². The molecule has 0 unspecified atom stereocenters.